The van der Waals surface area contributed by atoms with Crippen LogP contribution in [0.5, 0.6) is 0 Å². The number of benzene rings is 1. The fourth-order valence-electron chi connectivity index (χ4n) is 2.39. The van der Waals surface area contributed by atoms with Crippen molar-refractivity contribution in [3.8, 4) is 0 Å². The molecule has 0 amide bonds. The summed E-state index contributed by atoms with van der Waals surface area (Å²) >= 11 is 0. The lowest BCUT2D eigenvalue weighted by molar-refractivity contribution is -0.131. The molecule has 3 nitrogen and oxygen atoms in total. The van der Waals surface area contributed by atoms with E-state index < -0.39 is 5.97 Å². The smallest absolute Gasteiger partial charge is 0.328 e. The highest BCUT2D eigenvalue weighted by atomic mass is 16.4. The van der Waals surface area contributed by atoms with Gasteiger partial charge < -0.3 is 10.0 Å². The molecule has 1 aliphatic carbocycles. The first-order valence-electron chi connectivity index (χ1n) is 6.82. The van der Waals surface area contributed by atoms with Gasteiger partial charge >= 0.3 is 5.97 Å². The van der Waals surface area contributed by atoms with Crippen LogP contribution < -0.4 is 0 Å². The molecule has 0 unspecified atom stereocenters. The SMILES string of the molecule is CN(Cc1ccc(C=CC(=O)O)cc1)CC1CCC1. The predicted octanol–water partition coefficient (Wildman–Crippen LogP) is 3.02. The lowest BCUT2D eigenvalue weighted by atomic mass is 9.85. The topological polar surface area (TPSA) is 40.5 Å². The molecule has 19 heavy (non-hydrogen) atoms. The van der Waals surface area contributed by atoms with Crippen molar-refractivity contribution < 1.29 is 9.90 Å². The van der Waals surface area contributed by atoms with E-state index >= 15 is 0 Å². The summed E-state index contributed by atoms with van der Waals surface area (Å²) in [4.78, 5) is 12.8. The van der Waals surface area contributed by atoms with Crippen molar-refractivity contribution in [2.24, 2.45) is 5.92 Å². The molecule has 1 saturated carbocycles. The van der Waals surface area contributed by atoms with Crippen molar-refractivity contribution in [2.75, 3.05) is 13.6 Å². The van der Waals surface area contributed by atoms with E-state index in [0.29, 0.717) is 0 Å². The van der Waals surface area contributed by atoms with Crippen LogP contribution in [0.1, 0.15) is 30.4 Å². The molecule has 0 atom stereocenters. The van der Waals surface area contributed by atoms with E-state index in [4.69, 9.17) is 5.11 Å². The van der Waals surface area contributed by atoms with Gasteiger partial charge in [0, 0.05) is 19.2 Å². The summed E-state index contributed by atoms with van der Waals surface area (Å²) in [6, 6.07) is 8.06. The van der Waals surface area contributed by atoms with Gasteiger partial charge in [-0.15, -0.1) is 0 Å². The maximum Gasteiger partial charge on any atom is 0.328 e. The molecule has 102 valence electrons. The third-order valence-corrected chi connectivity index (χ3v) is 3.65. The molecule has 1 aromatic carbocycles. The lowest BCUT2D eigenvalue weighted by Crippen LogP contribution is -2.29. The normalized spacial score (nSPS) is 15.9. The van der Waals surface area contributed by atoms with Gasteiger partial charge in [-0.3, -0.25) is 0 Å². The van der Waals surface area contributed by atoms with Crippen LogP contribution in [0.15, 0.2) is 30.3 Å². The molecule has 1 aliphatic rings. The zero-order valence-corrected chi connectivity index (χ0v) is 11.4. The van der Waals surface area contributed by atoms with Crippen LogP contribution in [-0.4, -0.2) is 29.6 Å². The Morgan fingerprint density at radius 3 is 2.58 bits per heavy atom. The zero-order chi connectivity index (χ0) is 13.7. The summed E-state index contributed by atoms with van der Waals surface area (Å²) in [5.41, 5.74) is 2.20. The largest absolute Gasteiger partial charge is 0.478 e. The van der Waals surface area contributed by atoms with Crippen LogP contribution in [0.2, 0.25) is 0 Å². The van der Waals surface area contributed by atoms with E-state index in [0.717, 1.165) is 24.1 Å². The van der Waals surface area contributed by atoms with Gasteiger partial charge in [0.15, 0.2) is 0 Å². The molecule has 1 fully saturated rings. The fourth-order valence-corrected chi connectivity index (χ4v) is 2.39. The van der Waals surface area contributed by atoms with E-state index in [2.05, 4.69) is 24.1 Å². The Bertz CT molecular complexity index is 446. The third kappa shape index (κ3) is 4.52. The second-order valence-corrected chi connectivity index (χ2v) is 5.41. The zero-order valence-electron chi connectivity index (χ0n) is 11.4. The van der Waals surface area contributed by atoms with E-state index in [1.165, 1.54) is 31.4 Å². The van der Waals surface area contributed by atoms with Crippen LogP contribution in [0.25, 0.3) is 6.08 Å². The highest BCUT2D eigenvalue weighted by molar-refractivity contribution is 5.85. The Kier molecular flexibility index (Phi) is 4.74. The lowest BCUT2D eigenvalue weighted by Gasteiger charge is -2.30. The summed E-state index contributed by atoms with van der Waals surface area (Å²) < 4.78 is 0. The molecule has 1 N–H and O–H groups in total. The molecule has 0 aromatic heterocycles. The third-order valence-electron chi connectivity index (χ3n) is 3.65. The second-order valence-electron chi connectivity index (χ2n) is 5.41. The van der Waals surface area contributed by atoms with Gasteiger partial charge in [-0.1, -0.05) is 30.7 Å². The van der Waals surface area contributed by atoms with E-state index in [1.807, 2.05) is 12.1 Å². The number of carbonyl (C=O) groups is 1. The van der Waals surface area contributed by atoms with E-state index in [9.17, 15) is 4.79 Å². The van der Waals surface area contributed by atoms with Gasteiger partial charge in [0.05, 0.1) is 0 Å². The molecule has 3 heteroatoms. The minimum Gasteiger partial charge on any atom is -0.478 e. The maximum absolute atomic E-state index is 10.4. The van der Waals surface area contributed by atoms with Crippen LogP contribution in [0.4, 0.5) is 0 Å². The predicted molar refractivity (Wildman–Crippen MR) is 76.8 cm³/mol. The number of hydrogen-bond acceptors (Lipinski definition) is 2. The van der Waals surface area contributed by atoms with Crippen LogP contribution >= 0.6 is 0 Å². The van der Waals surface area contributed by atoms with Crippen LogP contribution in [0, 0.1) is 5.92 Å². The second kappa shape index (κ2) is 6.53. The molecular formula is C16H21NO2. The highest BCUT2D eigenvalue weighted by Gasteiger charge is 2.18. The van der Waals surface area contributed by atoms with Crippen molar-refractivity contribution in [3.05, 3.63) is 41.5 Å². The molecular weight excluding hydrogens is 238 g/mol. The molecule has 0 spiro atoms. The van der Waals surface area contributed by atoms with Crippen molar-refractivity contribution in [1.82, 2.24) is 4.90 Å². The molecule has 0 aliphatic heterocycles. The van der Waals surface area contributed by atoms with Gasteiger partial charge in [-0.2, -0.15) is 0 Å². The standard InChI is InChI=1S/C16H21NO2/c1-17(11-14-3-2-4-14)12-15-7-5-13(6-8-15)9-10-16(18)19/h5-10,14H,2-4,11-12H2,1H3,(H,18,19). The summed E-state index contributed by atoms with van der Waals surface area (Å²) in [6.07, 6.45) is 6.93. The maximum atomic E-state index is 10.4. The minimum atomic E-state index is -0.913. The average molecular weight is 259 g/mol. The number of carboxylic acids is 1. The van der Waals surface area contributed by atoms with Gasteiger partial charge in [-0.25, -0.2) is 4.79 Å². The van der Waals surface area contributed by atoms with Crippen molar-refractivity contribution in [1.29, 1.82) is 0 Å². The summed E-state index contributed by atoms with van der Waals surface area (Å²) in [7, 11) is 2.16. The van der Waals surface area contributed by atoms with Crippen LogP contribution in [0.3, 0.4) is 0 Å². The van der Waals surface area contributed by atoms with Gasteiger partial charge in [0.1, 0.15) is 0 Å². The highest BCUT2D eigenvalue weighted by Crippen LogP contribution is 2.27. The van der Waals surface area contributed by atoms with Crippen molar-refractivity contribution >= 4 is 12.0 Å². The Hall–Kier alpha value is -1.61. The Morgan fingerprint density at radius 1 is 1.37 bits per heavy atom. The van der Waals surface area contributed by atoms with Crippen LogP contribution in [-0.2, 0) is 11.3 Å². The minimum absolute atomic E-state index is 0.891. The molecule has 0 heterocycles. The Balaban J connectivity index is 1.85. The molecule has 0 saturated heterocycles. The first kappa shape index (κ1) is 13.8. The first-order chi connectivity index (χ1) is 9.13. The van der Waals surface area contributed by atoms with Gasteiger partial charge in [0.2, 0.25) is 0 Å². The number of aliphatic carboxylic acids is 1. The average Bonchev–Trinajstić information content (AvgIpc) is 2.33. The number of rotatable bonds is 6. The molecule has 0 bridgehead atoms. The summed E-state index contributed by atoms with van der Waals surface area (Å²) in [5, 5.41) is 8.57. The van der Waals surface area contributed by atoms with E-state index in [-0.39, 0.29) is 0 Å². The van der Waals surface area contributed by atoms with Gasteiger partial charge in [-0.05, 0) is 43.0 Å². The van der Waals surface area contributed by atoms with Crippen molar-refractivity contribution in [2.45, 2.75) is 25.8 Å². The Morgan fingerprint density at radius 2 is 2.05 bits per heavy atom. The van der Waals surface area contributed by atoms with Crippen molar-refractivity contribution in [3.63, 3.8) is 0 Å². The number of carboxylic acid groups (broad SMARTS) is 1. The van der Waals surface area contributed by atoms with E-state index in [1.54, 1.807) is 6.08 Å². The van der Waals surface area contributed by atoms with Gasteiger partial charge in [0.25, 0.3) is 0 Å². The summed E-state index contributed by atoms with van der Waals surface area (Å²) in [6.45, 7) is 2.14. The quantitative estimate of drug-likeness (QED) is 0.798. The number of hydrogen-bond donors (Lipinski definition) is 1. The fraction of sp³-hybridized carbons (Fsp3) is 0.438. The number of nitrogens with zero attached hydrogens (tertiary/aromatic N) is 1. The first-order valence-corrected chi connectivity index (χ1v) is 6.82. The monoisotopic (exact) mass is 259 g/mol. The Labute approximate surface area is 114 Å². The summed E-state index contributed by atoms with van der Waals surface area (Å²) in [5.74, 6) is -0.0212. The molecule has 0 radical (unpaired) electrons. The molecule has 2 rings (SSSR count). The molecule has 1 aromatic rings.